The van der Waals surface area contributed by atoms with Crippen molar-refractivity contribution in [1.29, 1.82) is 0 Å². The predicted octanol–water partition coefficient (Wildman–Crippen LogP) is 0.0729. The van der Waals surface area contributed by atoms with E-state index in [4.69, 9.17) is 5.11 Å². The van der Waals surface area contributed by atoms with Crippen LogP contribution in [-0.4, -0.2) is 57.9 Å². The number of hydrogen-bond donors (Lipinski definition) is 1. The number of carbonyl (C=O) groups is 3. The molecule has 2 heterocycles. The highest BCUT2D eigenvalue weighted by molar-refractivity contribution is 5.90. The highest BCUT2D eigenvalue weighted by atomic mass is 16.4. The molecule has 1 unspecified atom stereocenters. The van der Waals surface area contributed by atoms with Crippen LogP contribution in [0.2, 0.25) is 0 Å². The van der Waals surface area contributed by atoms with Crippen LogP contribution in [0.5, 0.6) is 0 Å². The monoisotopic (exact) mass is 254 g/mol. The molecule has 0 saturated carbocycles. The summed E-state index contributed by atoms with van der Waals surface area (Å²) in [5, 5.41) is 9.08. The van der Waals surface area contributed by atoms with Gasteiger partial charge in [-0.2, -0.15) is 0 Å². The molecule has 2 aliphatic heterocycles. The number of carbonyl (C=O) groups excluding carboxylic acids is 2. The molecule has 1 N–H and O–H groups in total. The number of rotatable bonds is 2. The van der Waals surface area contributed by atoms with E-state index in [0.29, 0.717) is 25.9 Å². The van der Waals surface area contributed by atoms with Gasteiger partial charge in [-0.25, -0.2) is 4.79 Å². The van der Waals surface area contributed by atoms with E-state index in [9.17, 15) is 14.4 Å². The third-order valence-electron chi connectivity index (χ3n) is 3.76. The standard InChI is InChI=1S/C12H18N2O4/c1-8(15)13-6-2-4-9(13)11(16)14-7-3-5-10(14)12(17)18/h9-10H,2-7H2,1H3,(H,17,18)/t9?,10-/m1/s1. The Hall–Kier alpha value is -1.59. The van der Waals surface area contributed by atoms with Gasteiger partial charge in [-0.15, -0.1) is 0 Å². The topological polar surface area (TPSA) is 77.9 Å². The molecular formula is C12H18N2O4. The summed E-state index contributed by atoms with van der Waals surface area (Å²) in [5.41, 5.74) is 0. The molecule has 0 bridgehead atoms. The second-order valence-electron chi connectivity index (χ2n) is 4.90. The molecule has 6 nitrogen and oxygen atoms in total. The van der Waals surface area contributed by atoms with E-state index in [1.165, 1.54) is 11.8 Å². The molecule has 0 spiro atoms. The number of carboxylic acids is 1. The van der Waals surface area contributed by atoms with Gasteiger partial charge in [-0.05, 0) is 25.7 Å². The third kappa shape index (κ3) is 2.19. The summed E-state index contributed by atoms with van der Waals surface area (Å²) in [6, 6.07) is -1.17. The van der Waals surface area contributed by atoms with Gasteiger partial charge in [0.2, 0.25) is 11.8 Å². The summed E-state index contributed by atoms with van der Waals surface area (Å²) in [6.45, 7) is 2.53. The molecule has 2 saturated heterocycles. The Labute approximate surface area is 106 Å². The Morgan fingerprint density at radius 1 is 1.00 bits per heavy atom. The average Bonchev–Trinajstić information content (AvgIpc) is 2.97. The summed E-state index contributed by atoms with van der Waals surface area (Å²) in [4.78, 5) is 37.8. The molecule has 2 fully saturated rings. The SMILES string of the molecule is CC(=O)N1CCCC1C(=O)N1CCC[C@@H]1C(=O)O. The van der Waals surface area contributed by atoms with Gasteiger partial charge in [-0.3, -0.25) is 9.59 Å². The molecule has 0 aromatic heterocycles. The van der Waals surface area contributed by atoms with Crippen LogP contribution in [0.1, 0.15) is 32.6 Å². The fraction of sp³-hybridized carbons (Fsp3) is 0.750. The fourth-order valence-corrected chi connectivity index (χ4v) is 2.88. The zero-order chi connectivity index (χ0) is 13.3. The maximum atomic E-state index is 12.3. The molecule has 0 radical (unpaired) electrons. The first-order valence-electron chi connectivity index (χ1n) is 6.33. The van der Waals surface area contributed by atoms with E-state index in [2.05, 4.69) is 0 Å². The number of likely N-dealkylation sites (tertiary alicyclic amines) is 2. The normalized spacial score (nSPS) is 27.6. The number of amides is 2. The lowest BCUT2D eigenvalue weighted by Gasteiger charge is -2.29. The Morgan fingerprint density at radius 2 is 1.56 bits per heavy atom. The van der Waals surface area contributed by atoms with Crippen molar-refractivity contribution in [1.82, 2.24) is 9.80 Å². The minimum absolute atomic E-state index is 0.114. The van der Waals surface area contributed by atoms with E-state index in [-0.39, 0.29) is 11.8 Å². The summed E-state index contributed by atoms with van der Waals surface area (Å²) < 4.78 is 0. The first-order chi connectivity index (χ1) is 8.52. The quantitative estimate of drug-likeness (QED) is 0.756. The van der Waals surface area contributed by atoms with Gasteiger partial charge in [0.25, 0.3) is 0 Å². The summed E-state index contributed by atoms with van der Waals surface area (Å²) in [6.07, 6.45) is 2.67. The smallest absolute Gasteiger partial charge is 0.326 e. The Bertz CT molecular complexity index is 348. The van der Waals surface area contributed by atoms with Crippen molar-refractivity contribution in [3.8, 4) is 0 Å². The van der Waals surface area contributed by atoms with Crippen molar-refractivity contribution in [3.63, 3.8) is 0 Å². The molecule has 2 atom stereocenters. The minimum atomic E-state index is -0.951. The number of hydrogen-bond acceptors (Lipinski definition) is 3. The summed E-state index contributed by atoms with van der Waals surface area (Å²) in [7, 11) is 0. The molecule has 0 aromatic carbocycles. The lowest BCUT2D eigenvalue weighted by Crippen LogP contribution is -2.50. The molecule has 0 aliphatic carbocycles. The van der Waals surface area contributed by atoms with Crippen LogP contribution in [0.25, 0.3) is 0 Å². The number of carboxylic acid groups (broad SMARTS) is 1. The Morgan fingerprint density at radius 3 is 2.11 bits per heavy atom. The van der Waals surface area contributed by atoms with Crippen LogP contribution in [0, 0.1) is 0 Å². The fourth-order valence-electron chi connectivity index (χ4n) is 2.88. The first-order valence-corrected chi connectivity index (χ1v) is 6.33. The third-order valence-corrected chi connectivity index (χ3v) is 3.76. The van der Waals surface area contributed by atoms with Crippen LogP contribution < -0.4 is 0 Å². The van der Waals surface area contributed by atoms with E-state index in [1.54, 1.807) is 4.90 Å². The summed E-state index contributed by atoms with van der Waals surface area (Å²) in [5.74, 6) is -1.27. The van der Waals surface area contributed by atoms with Crippen molar-refractivity contribution >= 4 is 17.8 Å². The van der Waals surface area contributed by atoms with Gasteiger partial charge in [0, 0.05) is 20.0 Å². The van der Waals surface area contributed by atoms with Crippen LogP contribution in [0.4, 0.5) is 0 Å². The van der Waals surface area contributed by atoms with E-state index in [1.807, 2.05) is 0 Å². The second-order valence-corrected chi connectivity index (χ2v) is 4.90. The zero-order valence-corrected chi connectivity index (χ0v) is 10.5. The highest BCUT2D eigenvalue weighted by Gasteiger charge is 2.41. The lowest BCUT2D eigenvalue weighted by atomic mass is 10.1. The second kappa shape index (κ2) is 4.96. The first kappa shape index (κ1) is 12.9. The largest absolute Gasteiger partial charge is 0.480 e. The molecule has 2 amide bonds. The molecule has 2 aliphatic rings. The maximum Gasteiger partial charge on any atom is 0.326 e. The zero-order valence-electron chi connectivity index (χ0n) is 10.5. The number of aliphatic carboxylic acids is 1. The van der Waals surface area contributed by atoms with Gasteiger partial charge < -0.3 is 14.9 Å². The van der Waals surface area contributed by atoms with Gasteiger partial charge in [0.05, 0.1) is 0 Å². The predicted molar refractivity (Wildman–Crippen MR) is 62.8 cm³/mol. The van der Waals surface area contributed by atoms with Crippen LogP contribution in [-0.2, 0) is 14.4 Å². The molecule has 18 heavy (non-hydrogen) atoms. The van der Waals surface area contributed by atoms with Gasteiger partial charge in [0.1, 0.15) is 12.1 Å². The van der Waals surface area contributed by atoms with Gasteiger partial charge in [0.15, 0.2) is 0 Å². The van der Waals surface area contributed by atoms with Gasteiger partial charge >= 0.3 is 5.97 Å². The van der Waals surface area contributed by atoms with Crippen LogP contribution in [0.15, 0.2) is 0 Å². The maximum absolute atomic E-state index is 12.3. The summed E-state index contributed by atoms with van der Waals surface area (Å²) >= 11 is 0. The minimum Gasteiger partial charge on any atom is -0.480 e. The van der Waals surface area contributed by atoms with Crippen molar-refractivity contribution in [2.75, 3.05) is 13.1 Å². The van der Waals surface area contributed by atoms with Crippen molar-refractivity contribution in [2.45, 2.75) is 44.7 Å². The van der Waals surface area contributed by atoms with E-state index >= 15 is 0 Å². The van der Waals surface area contributed by atoms with Gasteiger partial charge in [-0.1, -0.05) is 0 Å². The highest BCUT2D eigenvalue weighted by Crippen LogP contribution is 2.24. The molecule has 0 aromatic rings. The molecule has 6 heteroatoms. The van der Waals surface area contributed by atoms with Crippen LogP contribution in [0.3, 0.4) is 0 Å². The van der Waals surface area contributed by atoms with E-state index in [0.717, 1.165) is 12.8 Å². The molecule has 2 rings (SSSR count). The molecule has 100 valence electrons. The lowest BCUT2D eigenvalue weighted by molar-refractivity contribution is -0.151. The average molecular weight is 254 g/mol. The Kier molecular flexibility index (Phi) is 3.54. The Balaban J connectivity index is 2.11. The van der Waals surface area contributed by atoms with Crippen molar-refractivity contribution in [2.24, 2.45) is 0 Å². The van der Waals surface area contributed by atoms with Crippen LogP contribution >= 0.6 is 0 Å². The van der Waals surface area contributed by atoms with Crippen molar-refractivity contribution in [3.05, 3.63) is 0 Å². The number of nitrogens with zero attached hydrogens (tertiary/aromatic N) is 2. The van der Waals surface area contributed by atoms with Crippen molar-refractivity contribution < 1.29 is 19.5 Å². The molecular weight excluding hydrogens is 236 g/mol. The van der Waals surface area contributed by atoms with E-state index < -0.39 is 18.1 Å².